The van der Waals surface area contributed by atoms with Crippen molar-refractivity contribution in [1.82, 2.24) is 5.32 Å². The maximum atomic E-state index is 13.3. The number of nitrogens with one attached hydrogen (secondary N) is 1. The van der Waals surface area contributed by atoms with Gasteiger partial charge in [-0.3, -0.25) is 0 Å². The van der Waals surface area contributed by atoms with Crippen molar-refractivity contribution in [3.8, 4) is 0 Å². The Hall–Kier alpha value is -1.13. The van der Waals surface area contributed by atoms with Gasteiger partial charge in [-0.15, -0.1) is 0 Å². The monoisotopic (exact) mass is 212 g/mol. The second-order valence-corrected chi connectivity index (χ2v) is 3.68. The van der Waals surface area contributed by atoms with E-state index in [1.165, 1.54) is 6.07 Å². The van der Waals surface area contributed by atoms with E-state index in [1.54, 1.807) is 38.2 Å². The topological polar surface area (TPSA) is 35.5 Å². The van der Waals surface area contributed by atoms with Crippen molar-refractivity contribution in [1.29, 1.82) is 0 Å². The third-order valence-electron chi connectivity index (χ3n) is 2.23. The molecule has 4 heteroatoms. The lowest BCUT2D eigenvalue weighted by molar-refractivity contribution is 0.177. The predicted octanol–water partition coefficient (Wildman–Crippen LogP) is 1.14. The van der Waals surface area contributed by atoms with Crippen LogP contribution >= 0.6 is 0 Å². The summed E-state index contributed by atoms with van der Waals surface area (Å²) in [5, 5.41) is 12.6. The third kappa shape index (κ3) is 2.91. The van der Waals surface area contributed by atoms with Gasteiger partial charge in [0.1, 0.15) is 5.82 Å². The molecule has 1 atom stereocenters. The van der Waals surface area contributed by atoms with Crippen LogP contribution in [0.2, 0.25) is 0 Å². The Morgan fingerprint density at radius 1 is 1.47 bits per heavy atom. The summed E-state index contributed by atoms with van der Waals surface area (Å²) in [6.07, 6.45) is -0.603. The van der Waals surface area contributed by atoms with Crippen LogP contribution < -0.4 is 10.2 Å². The lowest BCUT2D eigenvalue weighted by atomic mass is 10.1. The van der Waals surface area contributed by atoms with Gasteiger partial charge in [-0.2, -0.15) is 0 Å². The second kappa shape index (κ2) is 5.09. The fourth-order valence-corrected chi connectivity index (χ4v) is 1.39. The first-order chi connectivity index (χ1) is 7.06. The molecule has 0 heterocycles. The first kappa shape index (κ1) is 11.9. The van der Waals surface area contributed by atoms with Crippen molar-refractivity contribution in [3.63, 3.8) is 0 Å². The fourth-order valence-electron chi connectivity index (χ4n) is 1.39. The Morgan fingerprint density at radius 3 is 2.67 bits per heavy atom. The lowest BCUT2D eigenvalue weighted by Gasteiger charge is -2.17. The molecule has 1 unspecified atom stereocenters. The molecule has 1 aromatic rings. The minimum Gasteiger partial charge on any atom is -0.387 e. The van der Waals surface area contributed by atoms with E-state index in [0.29, 0.717) is 12.2 Å². The van der Waals surface area contributed by atoms with Crippen LogP contribution in [0.4, 0.5) is 10.1 Å². The van der Waals surface area contributed by atoms with Crippen LogP contribution in [0.1, 0.15) is 11.7 Å². The Morgan fingerprint density at radius 2 is 2.13 bits per heavy atom. The van der Waals surface area contributed by atoms with E-state index < -0.39 is 6.10 Å². The van der Waals surface area contributed by atoms with Crippen LogP contribution in [0.5, 0.6) is 0 Å². The molecule has 3 nitrogen and oxygen atoms in total. The Labute approximate surface area is 89.5 Å². The molecule has 0 bridgehead atoms. The summed E-state index contributed by atoms with van der Waals surface area (Å²) in [7, 11) is 5.30. The molecule has 0 saturated carbocycles. The van der Waals surface area contributed by atoms with Crippen molar-refractivity contribution >= 4 is 5.69 Å². The van der Waals surface area contributed by atoms with Gasteiger partial charge in [0, 0.05) is 20.6 Å². The minimum absolute atomic E-state index is 0.277. The van der Waals surface area contributed by atoms with Gasteiger partial charge in [0.2, 0.25) is 0 Å². The SMILES string of the molecule is CNCC(O)c1ccc(F)c(N(C)C)c1. The normalized spacial score (nSPS) is 12.6. The van der Waals surface area contributed by atoms with Crippen molar-refractivity contribution in [2.24, 2.45) is 0 Å². The number of hydrogen-bond acceptors (Lipinski definition) is 3. The molecule has 0 aliphatic rings. The van der Waals surface area contributed by atoms with Crippen molar-refractivity contribution in [2.45, 2.75) is 6.10 Å². The first-order valence-corrected chi connectivity index (χ1v) is 4.85. The standard InChI is InChI=1S/C11H17FN2O/c1-13-7-11(15)8-4-5-9(12)10(6-8)14(2)3/h4-6,11,13,15H,7H2,1-3H3. The number of aliphatic hydroxyl groups excluding tert-OH is 1. The smallest absolute Gasteiger partial charge is 0.146 e. The van der Waals surface area contributed by atoms with Gasteiger partial charge in [0.15, 0.2) is 0 Å². The number of halogens is 1. The van der Waals surface area contributed by atoms with Crippen molar-refractivity contribution in [3.05, 3.63) is 29.6 Å². The number of likely N-dealkylation sites (N-methyl/N-ethyl adjacent to an activating group) is 1. The molecule has 1 rings (SSSR count). The van der Waals surface area contributed by atoms with Gasteiger partial charge in [-0.05, 0) is 24.7 Å². The van der Waals surface area contributed by atoms with Gasteiger partial charge in [-0.1, -0.05) is 6.07 Å². The van der Waals surface area contributed by atoms with E-state index in [0.717, 1.165) is 5.56 Å². The van der Waals surface area contributed by atoms with Gasteiger partial charge < -0.3 is 15.3 Å². The summed E-state index contributed by atoms with van der Waals surface area (Å²) < 4.78 is 13.3. The van der Waals surface area contributed by atoms with Crippen LogP contribution in [-0.2, 0) is 0 Å². The zero-order valence-electron chi connectivity index (χ0n) is 9.29. The number of anilines is 1. The summed E-state index contributed by atoms with van der Waals surface area (Å²) in [6, 6.07) is 4.64. The van der Waals surface area contributed by atoms with Gasteiger partial charge >= 0.3 is 0 Å². The summed E-state index contributed by atoms with van der Waals surface area (Å²) in [4.78, 5) is 1.69. The maximum absolute atomic E-state index is 13.3. The first-order valence-electron chi connectivity index (χ1n) is 4.85. The molecule has 0 radical (unpaired) electrons. The quantitative estimate of drug-likeness (QED) is 0.785. The largest absolute Gasteiger partial charge is 0.387 e. The van der Waals surface area contributed by atoms with E-state index >= 15 is 0 Å². The summed E-state index contributed by atoms with van der Waals surface area (Å²) in [5.74, 6) is -0.277. The predicted molar refractivity (Wildman–Crippen MR) is 59.6 cm³/mol. The Bertz CT molecular complexity index is 328. The third-order valence-corrected chi connectivity index (χ3v) is 2.23. The Balaban J connectivity index is 2.96. The van der Waals surface area contributed by atoms with E-state index in [-0.39, 0.29) is 5.82 Å². The number of benzene rings is 1. The van der Waals surface area contributed by atoms with Crippen LogP contribution in [0.3, 0.4) is 0 Å². The molecule has 2 N–H and O–H groups in total. The van der Waals surface area contributed by atoms with Crippen molar-refractivity contribution in [2.75, 3.05) is 32.6 Å². The molecule has 1 aromatic carbocycles. The molecule has 0 fully saturated rings. The highest BCUT2D eigenvalue weighted by molar-refractivity contribution is 5.49. The van der Waals surface area contributed by atoms with Gasteiger partial charge in [0.05, 0.1) is 11.8 Å². The average molecular weight is 212 g/mol. The number of hydrogen-bond donors (Lipinski definition) is 2. The number of nitrogens with zero attached hydrogens (tertiary/aromatic N) is 1. The van der Waals surface area contributed by atoms with Crippen molar-refractivity contribution < 1.29 is 9.50 Å². The van der Waals surface area contributed by atoms with E-state index in [1.807, 2.05) is 0 Å². The number of aliphatic hydroxyl groups is 1. The van der Waals surface area contributed by atoms with Crippen LogP contribution in [0.15, 0.2) is 18.2 Å². The fraction of sp³-hybridized carbons (Fsp3) is 0.455. The maximum Gasteiger partial charge on any atom is 0.146 e. The highest BCUT2D eigenvalue weighted by Crippen LogP contribution is 2.22. The minimum atomic E-state index is -0.603. The molecule has 0 aromatic heterocycles. The molecule has 0 aliphatic carbocycles. The highest BCUT2D eigenvalue weighted by atomic mass is 19.1. The molecule has 0 spiro atoms. The van der Waals surface area contributed by atoms with Gasteiger partial charge in [-0.25, -0.2) is 4.39 Å². The van der Waals surface area contributed by atoms with E-state index in [2.05, 4.69) is 5.32 Å². The molecular formula is C11H17FN2O. The average Bonchev–Trinajstić information content (AvgIpc) is 2.18. The van der Waals surface area contributed by atoms with Crippen LogP contribution in [-0.4, -0.2) is 32.8 Å². The summed E-state index contributed by atoms with van der Waals surface area (Å²) in [6.45, 7) is 0.457. The summed E-state index contributed by atoms with van der Waals surface area (Å²) in [5.41, 5.74) is 1.21. The van der Waals surface area contributed by atoms with E-state index in [4.69, 9.17) is 0 Å². The highest BCUT2D eigenvalue weighted by Gasteiger charge is 2.10. The molecule has 84 valence electrons. The second-order valence-electron chi connectivity index (χ2n) is 3.68. The van der Waals surface area contributed by atoms with Crippen LogP contribution in [0, 0.1) is 5.82 Å². The Kier molecular flexibility index (Phi) is 4.05. The number of rotatable bonds is 4. The lowest BCUT2D eigenvalue weighted by Crippen LogP contribution is -2.17. The molecular weight excluding hydrogens is 195 g/mol. The van der Waals surface area contributed by atoms with E-state index in [9.17, 15) is 9.50 Å². The van der Waals surface area contributed by atoms with Gasteiger partial charge in [0.25, 0.3) is 0 Å². The molecule has 0 amide bonds. The zero-order valence-corrected chi connectivity index (χ0v) is 9.29. The zero-order chi connectivity index (χ0) is 11.4. The summed E-state index contributed by atoms with van der Waals surface area (Å²) >= 11 is 0. The molecule has 15 heavy (non-hydrogen) atoms. The molecule has 0 aliphatic heterocycles. The molecule has 0 saturated heterocycles. The van der Waals surface area contributed by atoms with Crippen LogP contribution in [0.25, 0.3) is 0 Å².